The number of ether oxygens (including phenoxy) is 1. The van der Waals surface area contributed by atoms with Crippen LogP contribution in [-0.4, -0.2) is 23.9 Å². The Hall–Kier alpha value is -3.60. The zero-order valence-corrected chi connectivity index (χ0v) is 14.2. The normalized spacial score (nSPS) is 11.0. The van der Waals surface area contributed by atoms with Crippen LogP contribution in [0.2, 0.25) is 0 Å². The minimum atomic E-state index is -0.259. The van der Waals surface area contributed by atoms with Gasteiger partial charge < -0.3 is 15.3 Å². The zero-order chi connectivity index (χ0) is 18.4. The number of carbonyl (C=O) groups excluding carboxylic acids is 1. The number of nitrogens with zero attached hydrogens (tertiary/aromatic N) is 1. The lowest BCUT2D eigenvalue weighted by atomic mass is 10.0. The number of rotatable bonds is 5. The van der Waals surface area contributed by atoms with E-state index in [-0.39, 0.29) is 5.91 Å². The zero-order valence-electron chi connectivity index (χ0n) is 14.2. The van der Waals surface area contributed by atoms with Crippen molar-refractivity contribution in [3.63, 3.8) is 0 Å². The van der Waals surface area contributed by atoms with Gasteiger partial charge in [-0.05, 0) is 30.3 Å². The number of anilines is 1. The topological polar surface area (TPSA) is 70.9 Å². The molecule has 3 aromatic carbocycles. The summed E-state index contributed by atoms with van der Waals surface area (Å²) in [6, 6.07) is 23.3. The van der Waals surface area contributed by atoms with Crippen LogP contribution in [0.15, 0.2) is 84.0 Å². The summed E-state index contributed by atoms with van der Waals surface area (Å²) in [5.41, 5.74) is 2.83. The van der Waals surface area contributed by atoms with E-state index in [1.54, 1.807) is 43.5 Å². The van der Waals surface area contributed by atoms with Gasteiger partial charge in [0.15, 0.2) is 0 Å². The SMILES string of the molecule is COc1ccc(C(=O)Nc2ccccc2C(=NO)c2ccccc2)cc1. The minimum absolute atomic E-state index is 0.259. The summed E-state index contributed by atoms with van der Waals surface area (Å²) < 4.78 is 5.11. The molecular weight excluding hydrogens is 328 g/mol. The highest BCUT2D eigenvalue weighted by Crippen LogP contribution is 2.21. The summed E-state index contributed by atoms with van der Waals surface area (Å²) >= 11 is 0. The van der Waals surface area contributed by atoms with Crippen molar-refractivity contribution in [1.29, 1.82) is 0 Å². The Morgan fingerprint density at radius 3 is 2.19 bits per heavy atom. The third-order valence-electron chi connectivity index (χ3n) is 3.93. The second-order valence-corrected chi connectivity index (χ2v) is 5.54. The molecule has 0 fully saturated rings. The molecule has 5 heteroatoms. The van der Waals surface area contributed by atoms with Crippen LogP contribution in [0.25, 0.3) is 0 Å². The van der Waals surface area contributed by atoms with Crippen molar-refractivity contribution in [2.75, 3.05) is 12.4 Å². The highest BCUT2D eigenvalue weighted by atomic mass is 16.5. The maximum absolute atomic E-state index is 12.6. The van der Waals surface area contributed by atoms with E-state index in [2.05, 4.69) is 10.5 Å². The molecule has 0 aliphatic rings. The van der Waals surface area contributed by atoms with Crippen LogP contribution in [0, 0.1) is 0 Å². The van der Waals surface area contributed by atoms with Gasteiger partial charge in [-0.2, -0.15) is 0 Å². The molecule has 26 heavy (non-hydrogen) atoms. The van der Waals surface area contributed by atoms with Gasteiger partial charge in [0.1, 0.15) is 11.5 Å². The molecule has 2 N–H and O–H groups in total. The van der Waals surface area contributed by atoms with Crippen LogP contribution in [0.3, 0.4) is 0 Å². The molecule has 3 rings (SSSR count). The van der Waals surface area contributed by atoms with Gasteiger partial charge in [-0.15, -0.1) is 0 Å². The van der Waals surface area contributed by atoms with Crippen molar-refractivity contribution in [2.45, 2.75) is 0 Å². The fourth-order valence-corrected chi connectivity index (χ4v) is 2.60. The second-order valence-electron chi connectivity index (χ2n) is 5.54. The molecule has 0 bridgehead atoms. The number of amides is 1. The number of oxime groups is 1. The van der Waals surface area contributed by atoms with Crippen LogP contribution in [-0.2, 0) is 0 Å². The first kappa shape index (κ1) is 17.2. The average molecular weight is 346 g/mol. The third-order valence-corrected chi connectivity index (χ3v) is 3.93. The van der Waals surface area contributed by atoms with Crippen LogP contribution >= 0.6 is 0 Å². The molecule has 0 saturated carbocycles. The molecule has 0 aliphatic heterocycles. The summed E-state index contributed by atoms with van der Waals surface area (Å²) in [5, 5.41) is 15.8. The summed E-state index contributed by atoms with van der Waals surface area (Å²) in [7, 11) is 1.57. The molecule has 0 aliphatic carbocycles. The number of methoxy groups -OCH3 is 1. The van der Waals surface area contributed by atoms with Crippen LogP contribution < -0.4 is 10.1 Å². The fourth-order valence-electron chi connectivity index (χ4n) is 2.60. The molecular formula is C21H18N2O3. The van der Waals surface area contributed by atoms with E-state index in [1.165, 1.54) is 0 Å². The lowest BCUT2D eigenvalue weighted by Crippen LogP contribution is -2.15. The monoisotopic (exact) mass is 346 g/mol. The van der Waals surface area contributed by atoms with Crippen molar-refractivity contribution in [2.24, 2.45) is 5.16 Å². The maximum atomic E-state index is 12.6. The molecule has 0 saturated heterocycles. The van der Waals surface area contributed by atoms with Gasteiger partial charge >= 0.3 is 0 Å². The number of hydrogen-bond donors (Lipinski definition) is 2. The molecule has 1 amide bonds. The largest absolute Gasteiger partial charge is 0.497 e. The van der Waals surface area contributed by atoms with E-state index in [1.807, 2.05) is 42.5 Å². The Morgan fingerprint density at radius 1 is 0.885 bits per heavy atom. The first-order valence-electron chi connectivity index (χ1n) is 8.05. The molecule has 130 valence electrons. The average Bonchev–Trinajstić information content (AvgIpc) is 2.70. The van der Waals surface area contributed by atoms with Crippen molar-refractivity contribution < 1.29 is 14.7 Å². The Bertz CT molecular complexity index is 920. The number of carbonyl (C=O) groups is 1. The maximum Gasteiger partial charge on any atom is 0.255 e. The van der Waals surface area contributed by atoms with E-state index in [0.29, 0.717) is 28.3 Å². The van der Waals surface area contributed by atoms with Crippen molar-refractivity contribution in [3.8, 4) is 5.75 Å². The fraction of sp³-hybridized carbons (Fsp3) is 0.0476. The van der Waals surface area contributed by atoms with E-state index >= 15 is 0 Å². The lowest BCUT2D eigenvalue weighted by Gasteiger charge is -2.12. The molecule has 0 unspecified atom stereocenters. The van der Waals surface area contributed by atoms with Gasteiger partial charge in [0.25, 0.3) is 5.91 Å². The molecule has 0 heterocycles. The van der Waals surface area contributed by atoms with E-state index in [4.69, 9.17) is 4.74 Å². The van der Waals surface area contributed by atoms with Gasteiger partial charge in [-0.3, -0.25) is 4.79 Å². The predicted molar refractivity (Wildman–Crippen MR) is 101 cm³/mol. The smallest absolute Gasteiger partial charge is 0.255 e. The van der Waals surface area contributed by atoms with Gasteiger partial charge in [-0.25, -0.2) is 0 Å². The number of benzene rings is 3. The quantitative estimate of drug-likeness (QED) is 0.414. The Morgan fingerprint density at radius 2 is 1.54 bits per heavy atom. The molecule has 0 radical (unpaired) electrons. The van der Waals surface area contributed by atoms with Crippen LogP contribution in [0.1, 0.15) is 21.5 Å². The van der Waals surface area contributed by atoms with Crippen molar-refractivity contribution in [3.05, 3.63) is 95.6 Å². The van der Waals surface area contributed by atoms with Crippen molar-refractivity contribution in [1.82, 2.24) is 0 Å². The highest BCUT2D eigenvalue weighted by Gasteiger charge is 2.14. The van der Waals surface area contributed by atoms with Gasteiger partial charge in [-0.1, -0.05) is 53.7 Å². The Kier molecular flexibility index (Phi) is 5.29. The number of hydrogen-bond acceptors (Lipinski definition) is 4. The Labute approximate surface area is 151 Å². The van der Waals surface area contributed by atoms with Crippen molar-refractivity contribution >= 4 is 17.3 Å². The molecule has 5 nitrogen and oxygen atoms in total. The first-order chi connectivity index (χ1) is 12.7. The molecule has 0 atom stereocenters. The van der Waals surface area contributed by atoms with Crippen LogP contribution in [0.4, 0.5) is 5.69 Å². The van der Waals surface area contributed by atoms with Gasteiger partial charge in [0.2, 0.25) is 0 Å². The molecule has 0 spiro atoms. The van der Waals surface area contributed by atoms with E-state index < -0.39 is 0 Å². The van der Waals surface area contributed by atoms with Crippen LogP contribution in [0.5, 0.6) is 5.75 Å². The summed E-state index contributed by atoms with van der Waals surface area (Å²) in [6.07, 6.45) is 0. The van der Waals surface area contributed by atoms with E-state index in [0.717, 1.165) is 5.56 Å². The lowest BCUT2D eigenvalue weighted by molar-refractivity contribution is 0.102. The summed E-state index contributed by atoms with van der Waals surface area (Å²) in [4.78, 5) is 12.6. The van der Waals surface area contributed by atoms with E-state index in [9.17, 15) is 10.0 Å². The third kappa shape index (κ3) is 3.72. The summed E-state index contributed by atoms with van der Waals surface area (Å²) in [5.74, 6) is 0.422. The number of para-hydroxylation sites is 1. The first-order valence-corrected chi connectivity index (χ1v) is 8.05. The minimum Gasteiger partial charge on any atom is -0.497 e. The number of nitrogens with one attached hydrogen (secondary N) is 1. The predicted octanol–water partition coefficient (Wildman–Crippen LogP) is 4.17. The molecule has 0 aromatic heterocycles. The molecule has 3 aromatic rings. The van der Waals surface area contributed by atoms with Gasteiger partial charge in [0.05, 0.1) is 12.8 Å². The Balaban J connectivity index is 1.90. The van der Waals surface area contributed by atoms with Gasteiger partial charge in [0, 0.05) is 16.7 Å². The second kappa shape index (κ2) is 7.98. The summed E-state index contributed by atoms with van der Waals surface area (Å²) in [6.45, 7) is 0. The highest BCUT2D eigenvalue weighted by molar-refractivity contribution is 6.17. The standard InChI is InChI=1S/C21H18N2O3/c1-26-17-13-11-16(12-14-17)21(24)22-19-10-6-5-9-18(19)20(23-25)15-7-3-2-4-8-15/h2-14,25H,1H3,(H,22,24).